The highest BCUT2D eigenvalue weighted by Crippen LogP contribution is 2.75. The first kappa shape index (κ1) is 31.3. The van der Waals surface area contributed by atoms with Crippen LogP contribution in [0.25, 0.3) is 0 Å². The molecule has 5 fully saturated rings. The van der Waals surface area contributed by atoms with Crippen molar-refractivity contribution in [2.24, 2.45) is 50.2 Å². The minimum atomic E-state index is -0.475. The van der Waals surface area contributed by atoms with E-state index in [2.05, 4.69) is 59.9 Å². The molecular formula is C37H58N2O4. The number of nitrogens with zero attached hydrogens (tertiary/aromatic N) is 1. The van der Waals surface area contributed by atoms with Gasteiger partial charge in [0.15, 0.2) is 5.78 Å². The number of hydrogen-bond donors (Lipinski definition) is 1. The third-order valence-electron chi connectivity index (χ3n) is 14.8. The molecule has 0 aliphatic heterocycles. The average molecular weight is 595 g/mol. The standard InChI is InChI=1S/C37H58N2O4/c1-10-43-39(24-11-12-24)31(42)34(6)18-17-33(5)19-20-36(8)25(26(33)22-34)21-27(41)30-35(7)15-14-29(38-23(2)40)32(3,4)28(35)13-16-37(30,36)9/h21,24,26,28-30H,10-20,22H2,1-9H3,(H,38,40)/t26-,28?,29-,30+,33+,34-,35-,36+,37+/m0/s1. The summed E-state index contributed by atoms with van der Waals surface area (Å²) in [5.74, 6) is 1.12. The van der Waals surface area contributed by atoms with E-state index in [9.17, 15) is 14.4 Å². The van der Waals surface area contributed by atoms with E-state index in [1.54, 1.807) is 12.0 Å². The van der Waals surface area contributed by atoms with Gasteiger partial charge in [-0.1, -0.05) is 54.0 Å². The molecule has 6 aliphatic carbocycles. The first-order valence-electron chi connectivity index (χ1n) is 17.5. The van der Waals surface area contributed by atoms with Crippen molar-refractivity contribution in [3.05, 3.63) is 11.6 Å². The highest BCUT2D eigenvalue weighted by molar-refractivity contribution is 5.96. The monoisotopic (exact) mass is 594 g/mol. The maximum atomic E-state index is 14.7. The van der Waals surface area contributed by atoms with Crippen LogP contribution in [0.3, 0.4) is 0 Å². The summed E-state index contributed by atoms with van der Waals surface area (Å²) in [5.41, 5.74) is 0.623. The van der Waals surface area contributed by atoms with Gasteiger partial charge in [-0.25, -0.2) is 5.06 Å². The fourth-order valence-electron chi connectivity index (χ4n) is 11.9. The van der Waals surface area contributed by atoms with E-state index in [0.29, 0.717) is 18.3 Å². The molecule has 0 aromatic carbocycles. The van der Waals surface area contributed by atoms with Crippen LogP contribution in [0, 0.1) is 50.2 Å². The van der Waals surface area contributed by atoms with Gasteiger partial charge < -0.3 is 5.32 Å². The summed E-state index contributed by atoms with van der Waals surface area (Å²) < 4.78 is 0. The molecular weight excluding hydrogens is 536 g/mol. The van der Waals surface area contributed by atoms with Gasteiger partial charge in [-0.2, -0.15) is 0 Å². The normalized spacial score (nSPS) is 46.8. The van der Waals surface area contributed by atoms with Crippen LogP contribution in [-0.2, 0) is 19.2 Å². The van der Waals surface area contributed by atoms with Crippen LogP contribution < -0.4 is 5.32 Å². The van der Waals surface area contributed by atoms with Gasteiger partial charge in [0.05, 0.1) is 12.6 Å². The number of allylic oxidation sites excluding steroid dienone is 2. The summed E-state index contributed by atoms with van der Waals surface area (Å²) in [6.45, 7) is 20.7. The van der Waals surface area contributed by atoms with Crippen LogP contribution in [0.15, 0.2) is 11.6 Å². The predicted molar refractivity (Wildman–Crippen MR) is 169 cm³/mol. The van der Waals surface area contributed by atoms with Crippen molar-refractivity contribution in [2.45, 2.75) is 145 Å². The van der Waals surface area contributed by atoms with E-state index in [4.69, 9.17) is 4.84 Å². The number of hydroxylamine groups is 2. The Labute approximate surface area is 260 Å². The van der Waals surface area contributed by atoms with Gasteiger partial charge in [-0.3, -0.25) is 19.2 Å². The Morgan fingerprint density at radius 2 is 1.60 bits per heavy atom. The maximum Gasteiger partial charge on any atom is 0.252 e. The summed E-state index contributed by atoms with van der Waals surface area (Å²) in [4.78, 5) is 46.8. The summed E-state index contributed by atoms with van der Waals surface area (Å²) in [6.07, 6.45) is 13.2. The van der Waals surface area contributed by atoms with Crippen LogP contribution >= 0.6 is 0 Å². The molecule has 0 heterocycles. The molecule has 2 amide bonds. The molecule has 0 saturated heterocycles. The van der Waals surface area contributed by atoms with Crippen molar-refractivity contribution < 1.29 is 19.2 Å². The van der Waals surface area contributed by atoms with Crippen molar-refractivity contribution in [1.82, 2.24) is 10.4 Å². The Morgan fingerprint density at radius 3 is 2.23 bits per heavy atom. The second-order valence-corrected chi connectivity index (χ2v) is 17.6. The summed E-state index contributed by atoms with van der Waals surface area (Å²) >= 11 is 0. The summed E-state index contributed by atoms with van der Waals surface area (Å²) in [5, 5.41) is 5.00. The van der Waals surface area contributed by atoms with Gasteiger partial charge in [-0.05, 0) is 123 Å². The quantitative estimate of drug-likeness (QED) is 0.336. The third-order valence-corrected chi connectivity index (χ3v) is 14.8. The molecule has 6 aliphatic rings. The fraction of sp³-hybridized carbons (Fsp3) is 0.865. The molecule has 0 radical (unpaired) electrons. The summed E-state index contributed by atoms with van der Waals surface area (Å²) in [7, 11) is 0. The van der Waals surface area contributed by atoms with Crippen molar-refractivity contribution in [3.8, 4) is 0 Å². The topological polar surface area (TPSA) is 75.7 Å². The molecule has 1 unspecified atom stereocenters. The second-order valence-electron chi connectivity index (χ2n) is 17.6. The van der Waals surface area contributed by atoms with Gasteiger partial charge in [0, 0.05) is 24.3 Å². The third kappa shape index (κ3) is 4.37. The lowest BCUT2D eigenvalue weighted by Crippen LogP contribution is -2.67. The van der Waals surface area contributed by atoms with Crippen LogP contribution in [0.5, 0.6) is 0 Å². The number of hydrogen-bond acceptors (Lipinski definition) is 4. The summed E-state index contributed by atoms with van der Waals surface area (Å²) in [6, 6.07) is 0.373. The largest absolute Gasteiger partial charge is 0.353 e. The molecule has 5 saturated carbocycles. The highest BCUT2D eigenvalue weighted by atomic mass is 16.7. The van der Waals surface area contributed by atoms with Crippen LogP contribution in [-0.4, -0.2) is 41.4 Å². The number of ketones is 1. The minimum absolute atomic E-state index is 0.0191. The Kier molecular flexibility index (Phi) is 7.21. The van der Waals surface area contributed by atoms with E-state index < -0.39 is 5.41 Å². The van der Waals surface area contributed by atoms with E-state index in [-0.39, 0.29) is 62.8 Å². The molecule has 0 aromatic rings. The van der Waals surface area contributed by atoms with Gasteiger partial charge in [0.25, 0.3) is 5.91 Å². The molecule has 9 atom stereocenters. The Balaban J connectivity index is 1.36. The number of carbonyl (C=O) groups excluding carboxylic acids is 3. The van der Waals surface area contributed by atoms with Gasteiger partial charge in [0.1, 0.15) is 0 Å². The van der Waals surface area contributed by atoms with Crippen LogP contribution in [0.1, 0.15) is 133 Å². The minimum Gasteiger partial charge on any atom is -0.353 e. The van der Waals surface area contributed by atoms with Crippen LogP contribution in [0.2, 0.25) is 0 Å². The van der Waals surface area contributed by atoms with Crippen molar-refractivity contribution in [2.75, 3.05) is 6.61 Å². The molecule has 6 nitrogen and oxygen atoms in total. The Hall–Kier alpha value is -1.69. The Bertz CT molecular complexity index is 1240. The van der Waals surface area contributed by atoms with Crippen LogP contribution in [0.4, 0.5) is 0 Å². The van der Waals surface area contributed by atoms with E-state index in [1.807, 2.05) is 6.92 Å². The zero-order valence-electron chi connectivity index (χ0n) is 28.5. The number of fused-ring (bicyclic) bond motifs is 7. The molecule has 240 valence electrons. The van der Waals surface area contributed by atoms with E-state index in [0.717, 1.165) is 70.6 Å². The first-order valence-corrected chi connectivity index (χ1v) is 17.5. The average Bonchev–Trinajstić information content (AvgIpc) is 3.76. The van der Waals surface area contributed by atoms with Gasteiger partial charge in [0.2, 0.25) is 5.91 Å². The molecule has 0 aromatic heterocycles. The molecule has 1 N–H and O–H groups in total. The predicted octanol–water partition coefficient (Wildman–Crippen LogP) is 7.41. The molecule has 6 rings (SSSR count). The lowest BCUT2D eigenvalue weighted by atomic mass is 9.33. The zero-order chi connectivity index (χ0) is 31.4. The molecule has 43 heavy (non-hydrogen) atoms. The number of rotatable bonds is 5. The fourth-order valence-corrected chi connectivity index (χ4v) is 11.9. The lowest BCUT2D eigenvalue weighted by Gasteiger charge is -2.70. The van der Waals surface area contributed by atoms with Crippen molar-refractivity contribution >= 4 is 17.6 Å². The Morgan fingerprint density at radius 1 is 0.930 bits per heavy atom. The SMILES string of the molecule is CCON(C(=O)[C@@]1(C)CC[C@]2(C)CC[C@]3(C)C(=CC(=O)[C@@H]4[C@@]5(C)CC[C@H](NC(C)=O)C(C)(C)C5CC[C@]43C)[C@@H]2C1)C1CC1. The molecule has 0 spiro atoms. The van der Waals surface area contributed by atoms with Crippen molar-refractivity contribution in [3.63, 3.8) is 0 Å². The van der Waals surface area contributed by atoms with E-state index in [1.165, 1.54) is 5.57 Å². The van der Waals surface area contributed by atoms with E-state index >= 15 is 0 Å². The number of carbonyl (C=O) groups is 3. The highest BCUT2D eigenvalue weighted by Gasteiger charge is 2.70. The smallest absolute Gasteiger partial charge is 0.252 e. The molecule has 6 heteroatoms. The lowest BCUT2D eigenvalue weighted by molar-refractivity contribution is -0.205. The van der Waals surface area contributed by atoms with Gasteiger partial charge in [-0.15, -0.1) is 0 Å². The zero-order valence-corrected chi connectivity index (χ0v) is 28.5. The second kappa shape index (κ2) is 9.90. The number of amides is 2. The first-order chi connectivity index (χ1) is 20.0. The molecule has 0 bridgehead atoms. The number of nitrogens with one attached hydrogen (secondary N) is 1. The van der Waals surface area contributed by atoms with Crippen molar-refractivity contribution in [1.29, 1.82) is 0 Å². The van der Waals surface area contributed by atoms with Gasteiger partial charge >= 0.3 is 0 Å². The maximum absolute atomic E-state index is 14.7.